The minimum atomic E-state index is -0.557. The first-order chi connectivity index (χ1) is 13.6. The van der Waals surface area contributed by atoms with E-state index in [0.717, 1.165) is 16.5 Å². The molecule has 0 aliphatic carbocycles. The second-order valence-corrected chi connectivity index (χ2v) is 6.41. The largest absolute Gasteiger partial charge is 0.364 e. The zero-order valence-electron chi connectivity index (χ0n) is 15.0. The first-order valence-corrected chi connectivity index (χ1v) is 8.82. The molecule has 0 saturated heterocycles. The number of primary amides is 1. The third kappa shape index (κ3) is 3.48. The molecule has 1 aromatic heterocycles. The Balaban J connectivity index is 1.60. The van der Waals surface area contributed by atoms with Crippen molar-refractivity contribution in [3.63, 3.8) is 0 Å². The molecule has 0 spiro atoms. The van der Waals surface area contributed by atoms with Gasteiger partial charge in [-0.15, -0.1) is 0 Å². The molecule has 0 saturated carbocycles. The molecular weight excluding hydrogens is 352 g/mol. The van der Waals surface area contributed by atoms with Gasteiger partial charge >= 0.3 is 0 Å². The van der Waals surface area contributed by atoms with E-state index in [4.69, 9.17) is 5.73 Å². The first-order valence-electron chi connectivity index (χ1n) is 8.82. The van der Waals surface area contributed by atoms with Crippen LogP contribution in [0.1, 0.15) is 26.4 Å². The fraction of sp³-hybridized carbons (Fsp3) is 0.0455. The van der Waals surface area contributed by atoms with E-state index in [1.807, 2.05) is 66.7 Å². The summed E-state index contributed by atoms with van der Waals surface area (Å²) in [4.78, 5) is 24.0. The van der Waals surface area contributed by atoms with E-state index in [0.29, 0.717) is 17.8 Å². The van der Waals surface area contributed by atoms with Gasteiger partial charge in [0.2, 0.25) is 0 Å². The van der Waals surface area contributed by atoms with Crippen LogP contribution in [0.2, 0.25) is 0 Å². The minimum absolute atomic E-state index is 0.168. The van der Waals surface area contributed by atoms with Crippen molar-refractivity contribution in [1.29, 1.82) is 0 Å². The average molecular weight is 370 g/mol. The monoisotopic (exact) mass is 370 g/mol. The highest BCUT2D eigenvalue weighted by molar-refractivity contribution is 6.04. The Hall–Kier alpha value is -3.93. The van der Waals surface area contributed by atoms with Gasteiger partial charge in [-0.05, 0) is 35.9 Å². The Kier molecular flexibility index (Phi) is 4.60. The molecule has 0 aliphatic heterocycles. The van der Waals surface area contributed by atoms with Gasteiger partial charge in [0.15, 0.2) is 5.69 Å². The van der Waals surface area contributed by atoms with Crippen molar-refractivity contribution in [2.24, 2.45) is 5.73 Å². The smallest absolute Gasteiger partial charge is 0.269 e. The van der Waals surface area contributed by atoms with Crippen LogP contribution in [0.25, 0.3) is 10.9 Å². The second-order valence-electron chi connectivity index (χ2n) is 6.41. The number of hydrogen-bond acceptors (Lipinski definition) is 3. The predicted octanol–water partition coefficient (Wildman–Crippen LogP) is 3.44. The van der Waals surface area contributed by atoms with Crippen LogP contribution in [0.15, 0.2) is 78.9 Å². The number of rotatable bonds is 5. The lowest BCUT2D eigenvalue weighted by Crippen LogP contribution is -2.13. The summed E-state index contributed by atoms with van der Waals surface area (Å²) in [7, 11) is 0. The Morgan fingerprint density at radius 2 is 1.68 bits per heavy atom. The van der Waals surface area contributed by atoms with Crippen LogP contribution >= 0.6 is 0 Å². The van der Waals surface area contributed by atoms with Gasteiger partial charge in [-0.2, -0.15) is 5.10 Å². The molecule has 3 N–H and O–H groups in total. The molecule has 6 nitrogen and oxygen atoms in total. The quantitative estimate of drug-likeness (QED) is 0.564. The number of fused-ring (bicyclic) bond motifs is 1. The average Bonchev–Trinajstić information content (AvgIpc) is 3.08. The van der Waals surface area contributed by atoms with Crippen molar-refractivity contribution in [2.75, 3.05) is 5.32 Å². The number of hydrogen-bond donors (Lipinski definition) is 2. The number of para-hydroxylation sites is 1. The Labute approximate surface area is 161 Å². The van der Waals surface area contributed by atoms with Crippen molar-refractivity contribution in [2.45, 2.75) is 6.54 Å². The van der Waals surface area contributed by atoms with E-state index in [2.05, 4.69) is 10.4 Å². The molecule has 4 rings (SSSR count). The predicted molar refractivity (Wildman–Crippen MR) is 108 cm³/mol. The highest BCUT2D eigenvalue weighted by atomic mass is 16.2. The van der Waals surface area contributed by atoms with Crippen LogP contribution in [0, 0.1) is 0 Å². The standard InChI is InChI=1S/C22H18N4O2/c23-21(27)20-18-11-4-5-12-19(18)26(25-20)14-15-7-6-10-17(13-15)24-22(28)16-8-2-1-3-9-16/h1-13H,14H2,(H2,23,27)(H,24,28). The lowest BCUT2D eigenvalue weighted by molar-refractivity contribution is 0.0994. The number of carbonyl (C=O) groups is 2. The summed E-state index contributed by atoms with van der Waals surface area (Å²) in [6.07, 6.45) is 0. The van der Waals surface area contributed by atoms with Gasteiger partial charge < -0.3 is 11.1 Å². The number of nitrogens with zero attached hydrogens (tertiary/aromatic N) is 2. The summed E-state index contributed by atoms with van der Waals surface area (Å²) in [5, 5.41) is 8.00. The van der Waals surface area contributed by atoms with Crippen molar-refractivity contribution >= 4 is 28.4 Å². The molecule has 0 fully saturated rings. The zero-order valence-corrected chi connectivity index (χ0v) is 15.0. The third-order valence-electron chi connectivity index (χ3n) is 4.44. The number of benzene rings is 3. The maximum atomic E-state index is 12.4. The van der Waals surface area contributed by atoms with Crippen molar-refractivity contribution in [1.82, 2.24) is 9.78 Å². The molecule has 6 heteroatoms. The summed E-state index contributed by atoms with van der Waals surface area (Å²) >= 11 is 0. The van der Waals surface area contributed by atoms with E-state index in [9.17, 15) is 9.59 Å². The maximum Gasteiger partial charge on any atom is 0.269 e. The van der Waals surface area contributed by atoms with E-state index in [-0.39, 0.29) is 11.6 Å². The van der Waals surface area contributed by atoms with Gasteiger partial charge in [-0.3, -0.25) is 14.3 Å². The molecule has 2 amide bonds. The highest BCUT2D eigenvalue weighted by Crippen LogP contribution is 2.20. The summed E-state index contributed by atoms with van der Waals surface area (Å²) in [6, 6.07) is 24.0. The summed E-state index contributed by atoms with van der Waals surface area (Å²) in [5.74, 6) is -0.725. The van der Waals surface area contributed by atoms with Crippen LogP contribution in [0.5, 0.6) is 0 Å². The molecule has 4 aromatic rings. The molecule has 138 valence electrons. The lowest BCUT2D eigenvalue weighted by atomic mass is 10.1. The summed E-state index contributed by atoms with van der Waals surface area (Å²) in [5.41, 5.74) is 8.77. The number of anilines is 1. The first kappa shape index (κ1) is 17.5. The molecule has 0 bridgehead atoms. The van der Waals surface area contributed by atoms with Gasteiger partial charge in [0, 0.05) is 16.6 Å². The molecule has 1 heterocycles. The molecule has 0 atom stereocenters. The maximum absolute atomic E-state index is 12.4. The van der Waals surface area contributed by atoms with Crippen molar-refractivity contribution in [3.8, 4) is 0 Å². The Morgan fingerprint density at radius 3 is 2.46 bits per heavy atom. The fourth-order valence-electron chi connectivity index (χ4n) is 3.14. The number of nitrogens with one attached hydrogen (secondary N) is 1. The molecule has 0 unspecified atom stereocenters. The highest BCUT2D eigenvalue weighted by Gasteiger charge is 2.14. The Morgan fingerprint density at radius 1 is 0.929 bits per heavy atom. The normalized spacial score (nSPS) is 10.7. The fourth-order valence-corrected chi connectivity index (χ4v) is 3.14. The number of carbonyl (C=O) groups excluding carboxylic acids is 2. The van der Waals surface area contributed by atoms with Crippen LogP contribution in [-0.4, -0.2) is 21.6 Å². The van der Waals surface area contributed by atoms with Gasteiger partial charge in [0.05, 0.1) is 12.1 Å². The van der Waals surface area contributed by atoms with Gasteiger partial charge in [-0.1, -0.05) is 48.5 Å². The Bertz CT molecular complexity index is 1170. The van der Waals surface area contributed by atoms with Crippen molar-refractivity contribution in [3.05, 3.63) is 95.7 Å². The van der Waals surface area contributed by atoms with E-state index in [1.165, 1.54) is 0 Å². The number of aromatic nitrogens is 2. The molecular formula is C22H18N4O2. The van der Waals surface area contributed by atoms with Crippen LogP contribution < -0.4 is 11.1 Å². The number of nitrogens with two attached hydrogens (primary N) is 1. The van der Waals surface area contributed by atoms with Gasteiger partial charge in [-0.25, -0.2) is 0 Å². The van der Waals surface area contributed by atoms with Gasteiger partial charge in [0.1, 0.15) is 0 Å². The van der Waals surface area contributed by atoms with Crippen LogP contribution in [-0.2, 0) is 6.54 Å². The van der Waals surface area contributed by atoms with Crippen LogP contribution in [0.3, 0.4) is 0 Å². The summed E-state index contributed by atoms with van der Waals surface area (Å²) < 4.78 is 1.74. The van der Waals surface area contributed by atoms with E-state index in [1.54, 1.807) is 16.8 Å². The van der Waals surface area contributed by atoms with Gasteiger partial charge in [0.25, 0.3) is 11.8 Å². The van der Waals surface area contributed by atoms with Crippen LogP contribution in [0.4, 0.5) is 5.69 Å². The third-order valence-corrected chi connectivity index (χ3v) is 4.44. The van der Waals surface area contributed by atoms with E-state index < -0.39 is 5.91 Å². The minimum Gasteiger partial charge on any atom is -0.364 e. The molecule has 28 heavy (non-hydrogen) atoms. The second kappa shape index (κ2) is 7.36. The number of amides is 2. The molecule has 3 aromatic carbocycles. The topological polar surface area (TPSA) is 90.0 Å². The summed E-state index contributed by atoms with van der Waals surface area (Å²) in [6.45, 7) is 0.447. The molecule has 0 radical (unpaired) electrons. The van der Waals surface area contributed by atoms with Crippen molar-refractivity contribution < 1.29 is 9.59 Å². The lowest BCUT2D eigenvalue weighted by Gasteiger charge is -2.08. The van der Waals surface area contributed by atoms with E-state index >= 15 is 0 Å². The SMILES string of the molecule is NC(=O)c1nn(Cc2cccc(NC(=O)c3ccccc3)c2)c2ccccc12. The zero-order chi connectivity index (χ0) is 19.5. The molecule has 0 aliphatic rings.